The number of rotatable bonds is 10. The van der Waals surface area contributed by atoms with E-state index in [-0.39, 0.29) is 18.5 Å². The number of primary amides is 1. The smallest absolute Gasteiger partial charge is 0.315 e. The van der Waals surface area contributed by atoms with Crippen LogP contribution in [0.25, 0.3) is 0 Å². The molecule has 1 aromatic rings. The largest absolute Gasteiger partial charge is 0.481 e. The van der Waals surface area contributed by atoms with Gasteiger partial charge in [0, 0.05) is 36.3 Å². The molecule has 0 radical (unpaired) electrons. The molecule has 4 N–H and O–H groups in total. The molecule has 11 heteroatoms. The van der Waals surface area contributed by atoms with Gasteiger partial charge < -0.3 is 30.7 Å². The van der Waals surface area contributed by atoms with Crippen LogP contribution in [0.15, 0.2) is 22.7 Å². The van der Waals surface area contributed by atoms with Crippen LogP contribution in [0.1, 0.15) is 31.2 Å². The highest BCUT2D eigenvalue weighted by atomic mass is 32.2. The molecule has 0 aromatic carbocycles. The average molecular weight is 451 g/mol. The van der Waals surface area contributed by atoms with Crippen molar-refractivity contribution in [1.82, 2.24) is 20.5 Å². The summed E-state index contributed by atoms with van der Waals surface area (Å²) in [5.41, 5.74) is 6.33. The highest BCUT2D eigenvalue weighted by Crippen LogP contribution is 2.29. The highest BCUT2D eigenvalue weighted by molar-refractivity contribution is 7.99. The summed E-state index contributed by atoms with van der Waals surface area (Å²) in [5, 5.41) is 4.99. The molecule has 31 heavy (non-hydrogen) atoms. The van der Waals surface area contributed by atoms with Gasteiger partial charge in [0.15, 0.2) is 0 Å². The van der Waals surface area contributed by atoms with Crippen molar-refractivity contribution in [2.45, 2.75) is 37.7 Å². The minimum atomic E-state index is -0.836. The summed E-state index contributed by atoms with van der Waals surface area (Å²) < 4.78 is 14.9. The number of pyridine rings is 1. The second kappa shape index (κ2) is 11.8. The fraction of sp³-hybridized carbons (Fsp3) is 0.600. The Kier molecular flexibility index (Phi) is 8.77. The zero-order valence-corrected chi connectivity index (χ0v) is 18.5. The molecule has 0 aliphatic carbocycles. The second-order valence-corrected chi connectivity index (χ2v) is 8.39. The SMILES string of the molecule is COc1ccc(COC2=NSC(NC(=O)NCCCCN3CCCC3)C2C(N)=O)cn1. The maximum absolute atomic E-state index is 12.2. The van der Waals surface area contributed by atoms with Gasteiger partial charge in [-0.15, -0.1) is 0 Å². The van der Waals surface area contributed by atoms with Crippen LogP contribution in [-0.4, -0.2) is 66.4 Å². The molecule has 2 atom stereocenters. The topological polar surface area (TPSA) is 131 Å². The van der Waals surface area contributed by atoms with E-state index in [1.165, 1.54) is 25.9 Å². The number of ether oxygens (including phenoxy) is 2. The maximum atomic E-state index is 12.2. The molecule has 0 saturated carbocycles. The van der Waals surface area contributed by atoms with Gasteiger partial charge in [0.25, 0.3) is 0 Å². The Bertz CT molecular complexity index is 769. The maximum Gasteiger partial charge on any atom is 0.315 e. The van der Waals surface area contributed by atoms with Gasteiger partial charge in [-0.25, -0.2) is 9.78 Å². The van der Waals surface area contributed by atoms with Crippen LogP contribution in [0.5, 0.6) is 5.88 Å². The van der Waals surface area contributed by atoms with E-state index in [9.17, 15) is 9.59 Å². The third kappa shape index (κ3) is 7.00. The van der Waals surface area contributed by atoms with Crippen molar-refractivity contribution >= 4 is 29.8 Å². The average Bonchev–Trinajstić information content (AvgIpc) is 3.42. The van der Waals surface area contributed by atoms with Crippen molar-refractivity contribution in [2.75, 3.05) is 33.3 Å². The van der Waals surface area contributed by atoms with E-state index < -0.39 is 17.2 Å². The minimum Gasteiger partial charge on any atom is -0.481 e. The van der Waals surface area contributed by atoms with Gasteiger partial charge in [-0.3, -0.25) is 4.79 Å². The quantitative estimate of drug-likeness (QED) is 0.361. The number of aromatic nitrogens is 1. The Morgan fingerprint density at radius 2 is 2.10 bits per heavy atom. The van der Waals surface area contributed by atoms with Crippen molar-refractivity contribution in [3.8, 4) is 5.88 Å². The molecule has 2 aliphatic rings. The number of nitrogens with zero attached hydrogens (tertiary/aromatic N) is 3. The summed E-state index contributed by atoms with van der Waals surface area (Å²) in [4.78, 5) is 30.7. The number of nitrogens with one attached hydrogen (secondary N) is 2. The van der Waals surface area contributed by atoms with E-state index in [2.05, 4.69) is 24.9 Å². The molecular formula is C20H30N6O4S. The molecule has 1 aromatic heterocycles. The number of unbranched alkanes of at least 4 members (excludes halogenated alkanes) is 1. The predicted molar refractivity (Wildman–Crippen MR) is 119 cm³/mol. The van der Waals surface area contributed by atoms with E-state index in [1.54, 1.807) is 25.4 Å². The zero-order valence-electron chi connectivity index (χ0n) is 17.7. The molecule has 0 spiro atoms. The Morgan fingerprint density at radius 1 is 1.29 bits per heavy atom. The zero-order chi connectivity index (χ0) is 22.1. The lowest BCUT2D eigenvalue weighted by atomic mass is 10.1. The molecule has 3 rings (SSSR count). The van der Waals surface area contributed by atoms with Gasteiger partial charge >= 0.3 is 6.03 Å². The lowest BCUT2D eigenvalue weighted by Gasteiger charge is -2.19. The summed E-state index contributed by atoms with van der Waals surface area (Å²) in [5.74, 6) is -0.743. The van der Waals surface area contributed by atoms with Gasteiger partial charge in [-0.1, -0.05) is 0 Å². The number of carbonyl (C=O) groups is 2. The van der Waals surface area contributed by atoms with Gasteiger partial charge in [-0.05, 0) is 51.4 Å². The van der Waals surface area contributed by atoms with Crippen molar-refractivity contribution in [3.63, 3.8) is 0 Å². The van der Waals surface area contributed by atoms with Crippen molar-refractivity contribution in [1.29, 1.82) is 0 Å². The monoisotopic (exact) mass is 450 g/mol. The first-order chi connectivity index (χ1) is 15.1. The number of hydrogen-bond acceptors (Lipinski definition) is 8. The van der Waals surface area contributed by atoms with Crippen LogP contribution in [0, 0.1) is 5.92 Å². The minimum absolute atomic E-state index is 0.177. The Morgan fingerprint density at radius 3 is 2.77 bits per heavy atom. The molecule has 2 unspecified atom stereocenters. The molecule has 1 saturated heterocycles. The normalized spacial score (nSPS) is 20.9. The molecule has 1 fully saturated rings. The van der Waals surface area contributed by atoms with Gasteiger partial charge in [0.1, 0.15) is 17.9 Å². The van der Waals surface area contributed by atoms with E-state index in [0.717, 1.165) is 36.9 Å². The van der Waals surface area contributed by atoms with Crippen molar-refractivity contribution in [3.05, 3.63) is 23.9 Å². The number of methoxy groups -OCH3 is 1. The number of nitrogens with two attached hydrogens (primary N) is 1. The van der Waals surface area contributed by atoms with Crippen molar-refractivity contribution < 1.29 is 19.1 Å². The summed E-state index contributed by atoms with van der Waals surface area (Å²) in [6.07, 6.45) is 6.14. The fourth-order valence-corrected chi connectivity index (χ4v) is 4.39. The van der Waals surface area contributed by atoms with Gasteiger partial charge in [0.05, 0.1) is 7.11 Å². The van der Waals surface area contributed by atoms with E-state index in [4.69, 9.17) is 15.2 Å². The fourth-order valence-electron chi connectivity index (χ4n) is 3.48. The number of hydrogen-bond donors (Lipinski definition) is 3. The summed E-state index contributed by atoms with van der Waals surface area (Å²) in [6, 6.07) is 3.18. The third-order valence-electron chi connectivity index (χ3n) is 5.18. The second-order valence-electron chi connectivity index (χ2n) is 7.49. The Balaban J connectivity index is 1.39. The molecule has 3 amide bonds. The number of amides is 3. The third-order valence-corrected chi connectivity index (χ3v) is 6.09. The molecule has 0 bridgehead atoms. The Labute approximate surface area is 186 Å². The first-order valence-corrected chi connectivity index (χ1v) is 11.3. The Hall–Kier alpha value is -2.53. The number of carbonyl (C=O) groups excluding carboxylic acids is 2. The van der Waals surface area contributed by atoms with E-state index >= 15 is 0 Å². The van der Waals surface area contributed by atoms with Crippen LogP contribution < -0.4 is 21.1 Å². The predicted octanol–water partition coefficient (Wildman–Crippen LogP) is 1.27. The van der Waals surface area contributed by atoms with Crippen LogP contribution >= 0.6 is 11.9 Å². The highest BCUT2D eigenvalue weighted by Gasteiger charge is 2.39. The summed E-state index contributed by atoms with van der Waals surface area (Å²) in [7, 11) is 1.54. The lowest BCUT2D eigenvalue weighted by molar-refractivity contribution is -0.120. The van der Waals surface area contributed by atoms with Gasteiger partial charge in [-0.2, -0.15) is 4.40 Å². The number of urea groups is 1. The summed E-state index contributed by atoms with van der Waals surface area (Å²) >= 11 is 1.06. The molecule has 170 valence electrons. The standard InChI is InChI=1S/C20H30N6O4S/c1-29-15-7-6-14(12-23-15)13-30-18-16(17(21)27)19(31-25-18)24-20(28)22-8-2-3-9-26-10-4-5-11-26/h6-7,12,16,19H,2-5,8-11,13H2,1H3,(H2,21,27)(H2,22,24,28). The summed E-state index contributed by atoms with van der Waals surface area (Å²) in [6.45, 7) is 4.19. The first kappa shape index (κ1) is 23.1. The van der Waals surface area contributed by atoms with Crippen LogP contribution in [0.4, 0.5) is 4.79 Å². The van der Waals surface area contributed by atoms with Crippen LogP contribution in [0.2, 0.25) is 0 Å². The molecular weight excluding hydrogens is 420 g/mol. The van der Waals surface area contributed by atoms with E-state index in [1.807, 2.05) is 0 Å². The number of likely N-dealkylation sites (tertiary alicyclic amines) is 1. The first-order valence-electron chi connectivity index (χ1n) is 10.5. The van der Waals surface area contributed by atoms with Crippen LogP contribution in [0.3, 0.4) is 0 Å². The molecule has 3 heterocycles. The lowest BCUT2D eigenvalue weighted by Crippen LogP contribution is -2.48. The molecule has 10 nitrogen and oxygen atoms in total. The van der Waals surface area contributed by atoms with Gasteiger partial charge in [0.2, 0.25) is 17.7 Å². The molecule has 2 aliphatic heterocycles. The van der Waals surface area contributed by atoms with Crippen molar-refractivity contribution in [2.24, 2.45) is 16.0 Å². The van der Waals surface area contributed by atoms with E-state index in [0.29, 0.717) is 12.4 Å². The van der Waals surface area contributed by atoms with Crippen LogP contribution in [-0.2, 0) is 16.1 Å².